The van der Waals surface area contributed by atoms with E-state index >= 15 is 0 Å². The van der Waals surface area contributed by atoms with Crippen LogP contribution in [0.1, 0.15) is 30.9 Å². The first-order chi connectivity index (χ1) is 15.6. The van der Waals surface area contributed by atoms with E-state index in [2.05, 4.69) is 40.3 Å². The van der Waals surface area contributed by atoms with Crippen molar-refractivity contribution in [3.63, 3.8) is 0 Å². The number of alkyl halides is 1. The number of carbonyl (C=O) groups excluding carboxylic acids is 1. The van der Waals surface area contributed by atoms with E-state index in [-0.39, 0.29) is 24.8 Å². The van der Waals surface area contributed by atoms with E-state index in [0.29, 0.717) is 22.7 Å². The van der Waals surface area contributed by atoms with Crippen LogP contribution in [0.15, 0.2) is 30.7 Å². The molecule has 4 aromatic rings. The fourth-order valence-electron chi connectivity index (χ4n) is 3.93. The highest BCUT2D eigenvalue weighted by Gasteiger charge is 2.39. The molecule has 11 nitrogen and oxygen atoms in total. The van der Waals surface area contributed by atoms with Crippen LogP contribution >= 0.6 is 11.5 Å². The Bertz CT molecular complexity index is 1270. The third-order valence-corrected chi connectivity index (χ3v) is 6.22. The van der Waals surface area contributed by atoms with Crippen molar-refractivity contribution in [3.05, 3.63) is 36.4 Å². The molecule has 0 unspecified atom stereocenters. The minimum absolute atomic E-state index is 0.0225. The monoisotopic (exact) mass is 454 g/mol. The summed E-state index contributed by atoms with van der Waals surface area (Å²) in [5.74, 6) is 1.61. The Labute approximate surface area is 185 Å². The van der Waals surface area contributed by atoms with E-state index in [1.54, 1.807) is 15.6 Å². The summed E-state index contributed by atoms with van der Waals surface area (Å²) in [6.07, 6.45) is 4.35. The Balaban J connectivity index is 1.31. The van der Waals surface area contributed by atoms with Crippen LogP contribution in [0.25, 0.3) is 5.52 Å². The molecule has 6 rings (SSSR count). The Morgan fingerprint density at radius 2 is 2.25 bits per heavy atom. The summed E-state index contributed by atoms with van der Waals surface area (Å²) >= 11 is 1.06. The number of rotatable bonds is 6. The van der Waals surface area contributed by atoms with E-state index < -0.39 is 12.2 Å². The smallest absolute Gasteiger partial charge is 0.249 e. The van der Waals surface area contributed by atoms with Crippen LogP contribution < -0.4 is 15.5 Å². The molecule has 1 aliphatic carbocycles. The number of nitrogens with one attached hydrogen (secondary N) is 3. The lowest BCUT2D eigenvalue weighted by Gasteiger charge is -2.23. The molecule has 32 heavy (non-hydrogen) atoms. The highest BCUT2D eigenvalue weighted by Crippen LogP contribution is 2.39. The van der Waals surface area contributed by atoms with Crippen molar-refractivity contribution in [1.29, 1.82) is 0 Å². The van der Waals surface area contributed by atoms with Gasteiger partial charge in [0, 0.05) is 41.8 Å². The van der Waals surface area contributed by atoms with E-state index in [1.807, 2.05) is 18.2 Å². The number of amides is 1. The summed E-state index contributed by atoms with van der Waals surface area (Å²) in [6, 6.07) is 4.94. The van der Waals surface area contributed by atoms with Gasteiger partial charge in [-0.15, -0.1) is 5.10 Å². The molecule has 1 saturated heterocycles. The number of hydrogen-bond donors (Lipinski definition) is 3. The maximum absolute atomic E-state index is 14.4. The quantitative estimate of drug-likeness (QED) is 0.405. The molecular formula is C19H19FN10OS. The maximum Gasteiger partial charge on any atom is 0.249 e. The molecular weight excluding hydrogens is 435 g/mol. The largest absolute Gasteiger partial charge is 0.324 e. The summed E-state index contributed by atoms with van der Waals surface area (Å²) in [7, 11) is 0. The first kappa shape index (κ1) is 19.1. The van der Waals surface area contributed by atoms with E-state index in [0.717, 1.165) is 22.7 Å². The van der Waals surface area contributed by atoms with Gasteiger partial charge >= 0.3 is 0 Å². The molecule has 3 N–H and O–H groups in total. The van der Waals surface area contributed by atoms with E-state index in [4.69, 9.17) is 0 Å². The zero-order valence-corrected chi connectivity index (χ0v) is 17.6. The molecule has 4 aromatic heterocycles. The summed E-state index contributed by atoms with van der Waals surface area (Å²) in [5.41, 5.74) is 1.84. The van der Waals surface area contributed by atoms with Crippen molar-refractivity contribution in [2.45, 2.75) is 37.4 Å². The van der Waals surface area contributed by atoms with Gasteiger partial charge in [-0.25, -0.2) is 13.9 Å². The second kappa shape index (κ2) is 7.51. The van der Waals surface area contributed by atoms with Crippen molar-refractivity contribution < 1.29 is 9.18 Å². The zero-order valence-electron chi connectivity index (χ0n) is 16.8. The van der Waals surface area contributed by atoms with Crippen LogP contribution in [-0.4, -0.2) is 58.8 Å². The molecule has 164 valence electrons. The van der Waals surface area contributed by atoms with E-state index in [9.17, 15) is 9.18 Å². The Hall–Kier alpha value is -3.61. The van der Waals surface area contributed by atoms with Gasteiger partial charge in [-0.1, -0.05) is 0 Å². The normalized spacial score (nSPS) is 20.7. The molecule has 0 radical (unpaired) electrons. The molecule has 1 saturated carbocycles. The van der Waals surface area contributed by atoms with Gasteiger partial charge in [0.2, 0.25) is 17.0 Å². The number of hydrogen-bond acceptors (Lipinski definition) is 9. The van der Waals surface area contributed by atoms with Crippen LogP contribution in [0.3, 0.4) is 0 Å². The number of carbonyl (C=O) groups is 1. The van der Waals surface area contributed by atoms with Crippen molar-refractivity contribution in [2.75, 3.05) is 22.1 Å². The van der Waals surface area contributed by atoms with E-state index in [1.165, 1.54) is 19.2 Å². The second-order valence-electron chi connectivity index (χ2n) is 7.94. The van der Waals surface area contributed by atoms with Crippen molar-refractivity contribution in [2.24, 2.45) is 0 Å². The SMILES string of the molecule is O=C(Nc1ncns1)[C@@H]1C[C@H](F)CN1c1nc(Nc2cc(C3CC3)[nH]n2)c2cccn2n1. The Morgan fingerprint density at radius 3 is 3.06 bits per heavy atom. The molecule has 2 aliphatic rings. The van der Waals surface area contributed by atoms with Gasteiger partial charge in [0.05, 0.1) is 6.54 Å². The van der Waals surface area contributed by atoms with Crippen molar-refractivity contribution in [1.82, 2.24) is 34.2 Å². The van der Waals surface area contributed by atoms with Crippen LogP contribution in [-0.2, 0) is 4.79 Å². The van der Waals surface area contributed by atoms with Crippen molar-refractivity contribution in [3.8, 4) is 0 Å². The first-order valence-corrected chi connectivity index (χ1v) is 11.1. The van der Waals surface area contributed by atoms with Gasteiger partial charge in [-0.2, -0.15) is 14.5 Å². The third-order valence-electron chi connectivity index (χ3n) is 5.64. The summed E-state index contributed by atoms with van der Waals surface area (Å²) in [4.78, 5) is 23.0. The number of anilines is 4. The minimum Gasteiger partial charge on any atom is -0.324 e. The number of H-pyrrole nitrogens is 1. The molecule has 0 bridgehead atoms. The Morgan fingerprint density at radius 1 is 1.34 bits per heavy atom. The number of aromatic nitrogens is 7. The molecule has 2 fully saturated rings. The lowest BCUT2D eigenvalue weighted by Crippen LogP contribution is -2.41. The fraction of sp³-hybridized carbons (Fsp3) is 0.368. The average molecular weight is 454 g/mol. The van der Waals surface area contributed by atoms with Crippen molar-refractivity contribution >= 4 is 45.7 Å². The lowest BCUT2D eigenvalue weighted by molar-refractivity contribution is -0.117. The molecule has 1 aliphatic heterocycles. The maximum atomic E-state index is 14.4. The number of fused-ring (bicyclic) bond motifs is 1. The highest BCUT2D eigenvalue weighted by atomic mass is 32.1. The average Bonchev–Trinajstić information content (AvgIpc) is 3.21. The molecule has 2 atom stereocenters. The summed E-state index contributed by atoms with van der Waals surface area (Å²) < 4.78 is 19.9. The lowest BCUT2D eigenvalue weighted by atomic mass is 10.2. The second-order valence-corrected chi connectivity index (χ2v) is 8.72. The van der Waals surface area contributed by atoms with Gasteiger partial charge in [0.25, 0.3) is 0 Å². The highest BCUT2D eigenvalue weighted by molar-refractivity contribution is 7.09. The van der Waals surface area contributed by atoms with Crippen LogP contribution in [0.2, 0.25) is 0 Å². The zero-order chi connectivity index (χ0) is 21.7. The van der Waals surface area contributed by atoms with Crippen LogP contribution in [0.4, 0.5) is 27.1 Å². The number of aromatic amines is 1. The number of halogens is 1. The van der Waals surface area contributed by atoms with Crippen LogP contribution in [0.5, 0.6) is 0 Å². The fourth-order valence-corrected chi connectivity index (χ4v) is 4.37. The summed E-state index contributed by atoms with van der Waals surface area (Å²) in [6.45, 7) is 0.0225. The molecule has 5 heterocycles. The molecule has 0 aromatic carbocycles. The topological polar surface area (TPSA) is 129 Å². The van der Waals surface area contributed by atoms with Gasteiger partial charge in [0.1, 0.15) is 24.1 Å². The summed E-state index contributed by atoms with van der Waals surface area (Å²) in [5, 5.41) is 18.2. The molecule has 1 amide bonds. The predicted molar refractivity (Wildman–Crippen MR) is 116 cm³/mol. The number of nitrogens with zero attached hydrogens (tertiary/aromatic N) is 7. The molecule has 13 heteroatoms. The van der Waals surface area contributed by atoms with Gasteiger partial charge in [0.15, 0.2) is 11.6 Å². The standard InChI is InChI=1S/C19H19FN10OS/c20-11-6-14(17(31)25-19-21-9-22-32-19)29(8-11)18-24-16(13-2-1-5-30(13)28-18)23-15-7-12(26-27-15)10-3-4-10/h1-2,5,7,9-11,14H,3-4,6,8H2,(H,21,22,25,31)(H2,23,24,26,27,28)/t11-,14-/m0/s1. The first-order valence-electron chi connectivity index (χ1n) is 10.3. The Kier molecular flexibility index (Phi) is 4.48. The third kappa shape index (κ3) is 3.53. The minimum atomic E-state index is -1.17. The van der Waals surface area contributed by atoms with Gasteiger partial charge in [-0.3, -0.25) is 15.2 Å². The van der Waals surface area contributed by atoms with Gasteiger partial charge < -0.3 is 10.2 Å². The van der Waals surface area contributed by atoms with Gasteiger partial charge in [-0.05, 0) is 25.0 Å². The predicted octanol–water partition coefficient (Wildman–Crippen LogP) is 2.48. The van der Waals surface area contributed by atoms with Crippen LogP contribution in [0, 0.1) is 0 Å². The molecule has 0 spiro atoms.